The summed E-state index contributed by atoms with van der Waals surface area (Å²) >= 11 is 6.32. The molecule has 0 aromatic carbocycles. The molecule has 0 aliphatic heterocycles. The van der Waals surface area contributed by atoms with Crippen LogP contribution in [0.1, 0.15) is 5.82 Å². The van der Waals surface area contributed by atoms with Gasteiger partial charge < -0.3 is 5.73 Å². The van der Waals surface area contributed by atoms with Crippen molar-refractivity contribution in [2.75, 3.05) is 5.73 Å². The summed E-state index contributed by atoms with van der Waals surface area (Å²) in [6.45, 7) is 0. The van der Waals surface area contributed by atoms with E-state index >= 15 is 0 Å². The van der Waals surface area contributed by atoms with Crippen LogP contribution in [0.2, 0.25) is 0 Å². The van der Waals surface area contributed by atoms with Crippen LogP contribution in [0.4, 0.5) is 5.13 Å². The predicted molar refractivity (Wildman–Crippen MR) is 44.2 cm³/mol. The van der Waals surface area contributed by atoms with Crippen LogP contribution in [0.5, 0.6) is 0 Å². The second-order valence-corrected chi connectivity index (χ2v) is 2.64. The average Bonchev–Trinajstić information content (AvgIpc) is 2.39. The number of hydrogen-bond acceptors (Lipinski definition) is 5. The van der Waals surface area contributed by atoms with Gasteiger partial charge in [0.05, 0.1) is 5.57 Å². The van der Waals surface area contributed by atoms with Crippen LogP contribution in [-0.2, 0) is 4.79 Å². The number of aldehydes is 1. The molecule has 0 spiro atoms. The van der Waals surface area contributed by atoms with Gasteiger partial charge in [0.25, 0.3) is 0 Å². The Morgan fingerprint density at radius 3 is 2.82 bits per heavy atom. The highest BCUT2D eigenvalue weighted by atomic mass is 35.5. The largest absolute Gasteiger partial charge is 0.374 e. The lowest BCUT2D eigenvalue weighted by atomic mass is 10.3. The molecule has 0 fully saturated rings. The molecule has 1 rings (SSSR count). The fourth-order valence-corrected chi connectivity index (χ4v) is 1.08. The number of aromatic nitrogens is 2. The van der Waals surface area contributed by atoms with Crippen LogP contribution in [0.3, 0.4) is 0 Å². The van der Waals surface area contributed by atoms with Gasteiger partial charge in [0.1, 0.15) is 0 Å². The number of nitrogens with zero attached hydrogens (tertiary/aromatic N) is 2. The van der Waals surface area contributed by atoms with Crippen LogP contribution in [0, 0.1) is 0 Å². The highest BCUT2D eigenvalue weighted by molar-refractivity contribution is 7.09. The number of hydrogen-bond donors (Lipinski definition) is 1. The molecule has 0 aliphatic carbocycles. The molecule has 2 N–H and O–H groups in total. The van der Waals surface area contributed by atoms with Gasteiger partial charge in [-0.1, -0.05) is 11.6 Å². The lowest BCUT2D eigenvalue weighted by Gasteiger charge is -1.85. The van der Waals surface area contributed by atoms with Crippen LogP contribution >= 0.6 is 23.1 Å². The minimum Gasteiger partial charge on any atom is -0.374 e. The number of rotatable bonds is 2. The van der Waals surface area contributed by atoms with Crippen LogP contribution in [0.25, 0.3) is 5.57 Å². The molecule has 0 saturated carbocycles. The molecule has 11 heavy (non-hydrogen) atoms. The highest BCUT2D eigenvalue weighted by Gasteiger charge is 2.05. The summed E-state index contributed by atoms with van der Waals surface area (Å²) in [6.07, 6.45) is 0.578. The van der Waals surface area contributed by atoms with E-state index < -0.39 is 0 Å². The first kappa shape index (κ1) is 8.16. The molecule has 0 atom stereocenters. The topological polar surface area (TPSA) is 68.9 Å². The monoisotopic (exact) mass is 189 g/mol. The second-order valence-electron chi connectivity index (χ2n) is 1.64. The van der Waals surface area contributed by atoms with Gasteiger partial charge in [0.15, 0.2) is 17.2 Å². The van der Waals surface area contributed by atoms with Crippen molar-refractivity contribution < 1.29 is 4.79 Å². The number of carbonyl (C=O) groups excluding carboxylic acids is 1. The van der Waals surface area contributed by atoms with Gasteiger partial charge in [0, 0.05) is 17.1 Å². The molecule has 1 heterocycles. The molecular formula is C5H4ClN3OS. The normalized spacial score (nSPS) is 11.5. The van der Waals surface area contributed by atoms with Crippen molar-refractivity contribution in [3.8, 4) is 0 Å². The molecule has 58 valence electrons. The summed E-state index contributed by atoms with van der Waals surface area (Å²) in [5, 5.41) is 0.317. The smallest absolute Gasteiger partial charge is 0.200 e. The third-order valence-electron chi connectivity index (χ3n) is 0.944. The molecule has 0 aliphatic rings. The van der Waals surface area contributed by atoms with E-state index in [-0.39, 0.29) is 11.4 Å². The summed E-state index contributed by atoms with van der Waals surface area (Å²) < 4.78 is 3.78. The first-order chi connectivity index (χ1) is 5.27. The maximum Gasteiger partial charge on any atom is 0.200 e. The Morgan fingerprint density at radius 2 is 2.45 bits per heavy atom. The summed E-state index contributed by atoms with van der Waals surface area (Å²) in [7, 11) is 0. The molecule has 1 aromatic heterocycles. The van der Waals surface area contributed by atoms with Crippen molar-refractivity contribution in [3.63, 3.8) is 0 Å². The quantitative estimate of drug-likeness (QED) is 0.555. The van der Waals surface area contributed by atoms with Gasteiger partial charge in [-0.15, -0.1) is 0 Å². The molecule has 6 heteroatoms. The van der Waals surface area contributed by atoms with E-state index in [9.17, 15) is 4.79 Å². The standard InChI is InChI=1S/C5H4ClN3OS/c6-1-3(2-10)4-8-5(7)11-9-4/h1-2H,(H2,7,8,9)/b3-1+. The number of anilines is 1. The van der Waals surface area contributed by atoms with Crippen molar-refractivity contribution in [1.82, 2.24) is 9.36 Å². The molecule has 4 nitrogen and oxygen atoms in total. The maximum atomic E-state index is 10.3. The fraction of sp³-hybridized carbons (Fsp3) is 0. The van der Waals surface area contributed by atoms with Crippen LogP contribution < -0.4 is 5.73 Å². The maximum absolute atomic E-state index is 10.3. The van der Waals surface area contributed by atoms with E-state index in [0.717, 1.165) is 17.1 Å². The van der Waals surface area contributed by atoms with E-state index in [1.807, 2.05) is 0 Å². The Labute approximate surface area is 71.9 Å². The zero-order chi connectivity index (χ0) is 8.27. The summed E-state index contributed by atoms with van der Waals surface area (Å²) in [6, 6.07) is 0. The Balaban J connectivity index is 3.00. The van der Waals surface area contributed by atoms with E-state index in [1.54, 1.807) is 0 Å². The molecular weight excluding hydrogens is 186 g/mol. The Kier molecular flexibility index (Phi) is 2.56. The molecule has 0 saturated heterocycles. The fourth-order valence-electron chi connectivity index (χ4n) is 0.480. The summed E-state index contributed by atoms with van der Waals surface area (Å²) in [4.78, 5) is 14.0. The van der Waals surface area contributed by atoms with Gasteiger partial charge in [0.2, 0.25) is 0 Å². The first-order valence-corrected chi connectivity index (χ1v) is 3.84. The number of allylic oxidation sites excluding steroid dienone is 1. The van der Waals surface area contributed by atoms with Crippen molar-refractivity contribution in [2.24, 2.45) is 0 Å². The first-order valence-electron chi connectivity index (χ1n) is 2.63. The van der Waals surface area contributed by atoms with Crippen molar-refractivity contribution in [3.05, 3.63) is 11.4 Å². The van der Waals surface area contributed by atoms with E-state index in [4.69, 9.17) is 17.3 Å². The van der Waals surface area contributed by atoms with Crippen molar-refractivity contribution in [1.29, 1.82) is 0 Å². The zero-order valence-corrected chi connectivity index (χ0v) is 6.89. The van der Waals surface area contributed by atoms with E-state index in [1.165, 1.54) is 0 Å². The Hall–Kier alpha value is -0.940. The Bertz CT molecular complexity index is 296. The SMILES string of the molecule is Nc1nc(/C(C=O)=C/Cl)ns1. The van der Waals surface area contributed by atoms with Crippen LogP contribution in [0.15, 0.2) is 5.54 Å². The number of nitrogens with two attached hydrogens (primary N) is 1. The summed E-state index contributed by atoms with van der Waals surface area (Å²) in [5.74, 6) is 0.275. The number of nitrogen functional groups attached to an aromatic ring is 1. The number of carbonyl (C=O) groups is 1. The predicted octanol–water partition coefficient (Wildman–Crippen LogP) is 0.899. The Morgan fingerprint density at radius 1 is 1.73 bits per heavy atom. The van der Waals surface area contributed by atoms with E-state index in [0.29, 0.717) is 11.4 Å². The van der Waals surface area contributed by atoms with Crippen molar-refractivity contribution >= 4 is 40.1 Å². The van der Waals surface area contributed by atoms with Gasteiger partial charge in [-0.2, -0.15) is 9.36 Å². The molecule has 1 aromatic rings. The van der Waals surface area contributed by atoms with E-state index in [2.05, 4.69) is 9.36 Å². The zero-order valence-electron chi connectivity index (χ0n) is 5.32. The number of halogens is 1. The van der Waals surface area contributed by atoms with Gasteiger partial charge >= 0.3 is 0 Å². The lowest BCUT2D eigenvalue weighted by Crippen LogP contribution is -1.88. The molecule has 0 unspecified atom stereocenters. The summed E-state index contributed by atoms with van der Waals surface area (Å²) in [5.41, 5.74) is 6.64. The van der Waals surface area contributed by atoms with Crippen molar-refractivity contribution in [2.45, 2.75) is 0 Å². The average molecular weight is 190 g/mol. The lowest BCUT2D eigenvalue weighted by molar-refractivity contribution is -0.103. The third-order valence-corrected chi connectivity index (χ3v) is 1.72. The molecule has 0 bridgehead atoms. The third kappa shape index (κ3) is 1.75. The van der Waals surface area contributed by atoms with Gasteiger partial charge in [-0.05, 0) is 0 Å². The van der Waals surface area contributed by atoms with Gasteiger partial charge in [-0.25, -0.2) is 0 Å². The minimum atomic E-state index is 0.236. The highest BCUT2D eigenvalue weighted by Crippen LogP contribution is 2.13. The van der Waals surface area contributed by atoms with Gasteiger partial charge in [-0.3, -0.25) is 4.79 Å². The molecule has 0 radical (unpaired) electrons. The molecule has 0 amide bonds. The second kappa shape index (κ2) is 3.45. The minimum absolute atomic E-state index is 0.236. The van der Waals surface area contributed by atoms with Crippen LogP contribution in [-0.4, -0.2) is 15.6 Å².